The molecule has 4 unspecified atom stereocenters. The van der Waals surface area contributed by atoms with Crippen LogP contribution in [0.1, 0.15) is 69.2 Å². The highest BCUT2D eigenvalue weighted by Crippen LogP contribution is 2.46. The molecule has 0 saturated heterocycles. The van der Waals surface area contributed by atoms with Crippen LogP contribution in [-0.2, 0) is 0 Å². The number of nitrogens with zero attached hydrogens (tertiary/aromatic N) is 1. The van der Waals surface area contributed by atoms with Crippen molar-refractivity contribution in [2.75, 3.05) is 0 Å². The van der Waals surface area contributed by atoms with Gasteiger partial charge >= 0.3 is 0 Å². The SMILES string of the molecule is CCC(C)C(/N=C(/c1cccc2c1oc1ccccc12)C(CC)C(C)c1cccc2c1sc1ccccc12)c1ccc2oc3cc4ccccc4cc3c2c1Cl. The van der Waals surface area contributed by atoms with E-state index in [0.29, 0.717) is 5.02 Å². The molecule has 0 fully saturated rings. The molecule has 7 aromatic carbocycles. The van der Waals surface area contributed by atoms with E-state index in [2.05, 4.69) is 155 Å². The van der Waals surface area contributed by atoms with Crippen molar-refractivity contribution in [1.82, 2.24) is 0 Å². The summed E-state index contributed by atoms with van der Waals surface area (Å²) in [6.07, 6.45) is 1.84. The average Bonchev–Trinajstić information content (AvgIpc) is 3.93. The summed E-state index contributed by atoms with van der Waals surface area (Å²) >= 11 is 9.51. The molecule has 0 saturated carbocycles. The lowest BCUT2D eigenvalue weighted by Gasteiger charge is -2.29. The second-order valence-electron chi connectivity index (χ2n) is 15.4. The van der Waals surface area contributed by atoms with Gasteiger partial charge in [0.05, 0.1) is 16.8 Å². The van der Waals surface area contributed by atoms with Crippen LogP contribution in [0.25, 0.3) is 74.8 Å². The first-order chi connectivity index (χ1) is 27.4. The molecular formula is C51H42ClNO2S. The molecular weight excluding hydrogens is 726 g/mol. The van der Waals surface area contributed by atoms with Gasteiger partial charge in [-0.2, -0.15) is 0 Å². The predicted molar refractivity (Wildman–Crippen MR) is 240 cm³/mol. The van der Waals surface area contributed by atoms with E-state index in [1.54, 1.807) is 0 Å². The molecule has 276 valence electrons. The van der Waals surface area contributed by atoms with E-state index in [0.717, 1.165) is 84.3 Å². The molecule has 5 heteroatoms. The molecule has 3 nitrogen and oxygen atoms in total. The lowest BCUT2D eigenvalue weighted by atomic mass is 9.79. The van der Waals surface area contributed by atoms with Crippen molar-refractivity contribution in [2.45, 2.75) is 52.5 Å². The number of hydrogen-bond donors (Lipinski definition) is 0. The van der Waals surface area contributed by atoms with Gasteiger partial charge in [-0.05, 0) is 76.6 Å². The predicted octanol–water partition coefficient (Wildman–Crippen LogP) is 16.1. The van der Waals surface area contributed by atoms with E-state index < -0.39 is 0 Å². The number of hydrogen-bond acceptors (Lipinski definition) is 4. The van der Waals surface area contributed by atoms with Gasteiger partial charge in [-0.25, -0.2) is 0 Å². The second kappa shape index (κ2) is 14.0. The first-order valence-electron chi connectivity index (χ1n) is 19.8. The Labute approximate surface area is 335 Å². The largest absolute Gasteiger partial charge is 0.456 e. The zero-order valence-electron chi connectivity index (χ0n) is 32.0. The van der Waals surface area contributed by atoms with Gasteiger partial charge in [-0.15, -0.1) is 11.3 Å². The topological polar surface area (TPSA) is 38.6 Å². The third kappa shape index (κ3) is 5.56. The maximum Gasteiger partial charge on any atom is 0.144 e. The van der Waals surface area contributed by atoms with Crippen LogP contribution in [0.15, 0.2) is 147 Å². The normalized spacial score (nSPS) is 14.8. The highest BCUT2D eigenvalue weighted by atomic mass is 35.5. The third-order valence-corrected chi connectivity index (χ3v) is 13.9. The Morgan fingerprint density at radius 1 is 0.625 bits per heavy atom. The number of halogens is 1. The summed E-state index contributed by atoms with van der Waals surface area (Å²) in [5.41, 5.74) is 7.89. The molecule has 10 rings (SSSR count). The molecule has 4 atom stereocenters. The molecule has 0 radical (unpaired) electrons. The average molecular weight is 768 g/mol. The molecule has 3 heterocycles. The van der Waals surface area contributed by atoms with Gasteiger partial charge in [0.2, 0.25) is 0 Å². The van der Waals surface area contributed by atoms with Crippen LogP contribution >= 0.6 is 22.9 Å². The van der Waals surface area contributed by atoms with Gasteiger partial charge in [0.15, 0.2) is 0 Å². The fourth-order valence-electron chi connectivity index (χ4n) is 9.07. The minimum Gasteiger partial charge on any atom is -0.456 e. The van der Waals surface area contributed by atoms with Crippen LogP contribution in [-0.4, -0.2) is 5.71 Å². The Kier molecular flexibility index (Phi) is 8.73. The standard InChI is InChI=1S/C51H42ClNO2S/c1-5-29(3)48(39-25-26-43-46(47(39)52)41-27-31-15-7-8-16-32(31)28-44(41)54-43)53-49(40-22-14-20-37-35-17-9-11-23-42(35)55-50(37)40)33(6-2)30(4)34-19-13-21-38-36-18-10-12-24-45(36)56-51(34)38/h7-30,33,48H,5-6H2,1-4H3/b53-49+. The van der Waals surface area contributed by atoms with Crippen LogP contribution in [0, 0.1) is 11.8 Å². The molecule has 0 N–H and O–H groups in total. The van der Waals surface area contributed by atoms with Crippen molar-refractivity contribution in [3.8, 4) is 0 Å². The van der Waals surface area contributed by atoms with E-state index in [9.17, 15) is 0 Å². The highest BCUT2D eigenvalue weighted by molar-refractivity contribution is 7.26. The maximum atomic E-state index is 7.62. The number of furan rings is 2. The summed E-state index contributed by atoms with van der Waals surface area (Å²) in [5.74, 6) is 0.448. The summed E-state index contributed by atoms with van der Waals surface area (Å²) in [6, 6.07) is 47.3. The molecule has 0 amide bonds. The van der Waals surface area contributed by atoms with Gasteiger partial charge in [-0.1, -0.05) is 143 Å². The number of rotatable bonds is 9. The summed E-state index contributed by atoms with van der Waals surface area (Å²) in [7, 11) is 0. The Balaban J connectivity index is 1.21. The van der Waals surface area contributed by atoms with E-state index in [1.807, 2.05) is 17.4 Å². The van der Waals surface area contributed by atoms with E-state index in [-0.39, 0.29) is 23.8 Å². The quantitative estimate of drug-likeness (QED) is 0.137. The van der Waals surface area contributed by atoms with E-state index >= 15 is 0 Å². The van der Waals surface area contributed by atoms with Crippen LogP contribution < -0.4 is 0 Å². The Bertz CT molecular complexity index is 3150. The molecule has 0 aliphatic rings. The summed E-state index contributed by atoms with van der Waals surface area (Å²) in [4.78, 5) is 5.98. The number of benzene rings is 7. The number of aliphatic imine (C=N–C) groups is 1. The fourth-order valence-corrected chi connectivity index (χ4v) is 10.8. The van der Waals surface area contributed by atoms with Gasteiger partial charge in [0.25, 0.3) is 0 Å². The van der Waals surface area contributed by atoms with E-state index in [4.69, 9.17) is 25.4 Å². The minimum atomic E-state index is -0.210. The summed E-state index contributed by atoms with van der Waals surface area (Å²) in [6.45, 7) is 9.25. The summed E-state index contributed by atoms with van der Waals surface area (Å²) in [5, 5.41) is 9.86. The van der Waals surface area contributed by atoms with Crippen LogP contribution in [0.5, 0.6) is 0 Å². The van der Waals surface area contributed by atoms with Crippen molar-refractivity contribution in [2.24, 2.45) is 16.8 Å². The lowest BCUT2D eigenvalue weighted by Crippen LogP contribution is -2.24. The number of thiophene rings is 1. The first-order valence-corrected chi connectivity index (χ1v) is 21.0. The van der Waals surface area contributed by atoms with Gasteiger partial charge in [0.1, 0.15) is 22.3 Å². The Morgan fingerprint density at radius 3 is 2.16 bits per heavy atom. The fraction of sp³-hybridized carbons (Fsp3) is 0.196. The third-order valence-electron chi connectivity index (χ3n) is 12.3. The van der Waals surface area contributed by atoms with Crippen LogP contribution in [0.3, 0.4) is 0 Å². The zero-order chi connectivity index (χ0) is 38.1. The second-order valence-corrected chi connectivity index (χ2v) is 16.8. The molecule has 0 aliphatic carbocycles. The molecule has 10 aromatic rings. The molecule has 0 aliphatic heterocycles. The number of fused-ring (bicyclic) bond motifs is 10. The first kappa shape index (κ1) is 35.0. The maximum absolute atomic E-state index is 7.62. The Morgan fingerprint density at radius 2 is 1.34 bits per heavy atom. The highest BCUT2D eigenvalue weighted by Gasteiger charge is 2.31. The monoisotopic (exact) mass is 767 g/mol. The van der Waals surface area contributed by atoms with Crippen molar-refractivity contribution in [3.63, 3.8) is 0 Å². The minimum absolute atomic E-state index is 0.0832. The van der Waals surface area contributed by atoms with Gasteiger partial charge in [0, 0.05) is 53.2 Å². The Hall–Kier alpha value is -5.42. The summed E-state index contributed by atoms with van der Waals surface area (Å²) < 4.78 is 15.9. The molecule has 3 aromatic heterocycles. The van der Waals surface area contributed by atoms with Gasteiger partial charge in [-0.3, -0.25) is 4.99 Å². The molecule has 56 heavy (non-hydrogen) atoms. The van der Waals surface area contributed by atoms with Crippen LogP contribution in [0.4, 0.5) is 0 Å². The lowest BCUT2D eigenvalue weighted by molar-refractivity contribution is 0.453. The van der Waals surface area contributed by atoms with Gasteiger partial charge < -0.3 is 8.83 Å². The van der Waals surface area contributed by atoms with Crippen molar-refractivity contribution in [3.05, 3.63) is 155 Å². The van der Waals surface area contributed by atoms with Crippen LogP contribution in [0.2, 0.25) is 5.02 Å². The van der Waals surface area contributed by atoms with Crippen molar-refractivity contribution in [1.29, 1.82) is 0 Å². The van der Waals surface area contributed by atoms with Crippen molar-refractivity contribution >= 4 is 103 Å². The van der Waals surface area contributed by atoms with Crippen molar-refractivity contribution < 1.29 is 8.83 Å². The zero-order valence-corrected chi connectivity index (χ0v) is 33.5. The smallest absolute Gasteiger partial charge is 0.144 e. The molecule has 0 bridgehead atoms. The molecule has 0 spiro atoms. The number of para-hydroxylation sites is 2. The van der Waals surface area contributed by atoms with E-state index in [1.165, 1.54) is 25.7 Å².